The molecule has 22 heavy (non-hydrogen) atoms. The summed E-state index contributed by atoms with van der Waals surface area (Å²) >= 11 is 6.05. The highest BCUT2D eigenvalue weighted by molar-refractivity contribution is 6.33. The molecule has 1 aromatic carbocycles. The molecule has 0 amide bonds. The number of H-pyrrole nitrogens is 1. The molecule has 9 heteroatoms. The van der Waals surface area contributed by atoms with Gasteiger partial charge in [0, 0.05) is 17.7 Å². The van der Waals surface area contributed by atoms with Crippen molar-refractivity contribution in [2.75, 3.05) is 0 Å². The van der Waals surface area contributed by atoms with Gasteiger partial charge in [0.05, 0.1) is 16.2 Å². The minimum Gasteiger partial charge on any atom is -0.455 e. The summed E-state index contributed by atoms with van der Waals surface area (Å²) in [6.45, 7) is 0. The lowest BCUT2D eigenvalue weighted by Gasteiger charge is -2.00. The maximum Gasteiger partial charge on any atom is 0.270 e. The monoisotopic (exact) mass is 317 g/mol. The number of benzene rings is 1. The van der Waals surface area contributed by atoms with Crippen molar-refractivity contribution >= 4 is 29.5 Å². The molecule has 3 rings (SSSR count). The van der Waals surface area contributed by atoms with Gasteiger partial charge in [-0.25, -0.2) is 10.1 Å². The van der Waals surface area contributed by atoms with Crippen LogP contribution in [0.2, 0.25) is 5.02 Å². The van der Waals surface area contributed by atoms with Crippen LogP contribution >= 0.6 is 11.6 Å². The van der Waals surface area contributed by atoms with E-state index in [2.05, 4.69) is 20.2 Å². The first-order valence-electron chi connectivity index (χ1n) is 6.07. The molecular weight excluding hydrogens is 310 g/mol. The molecule has 0 atom stereocenters. The Morgan fingerprint density at radius 1 is 1.36 bits per heavy atom. The van der Waals surface area contributed by atoms with Crippen molar-refractivity contribution in [1.29, 1.82) is 0 Å². The summed E-state index contributed by atoms with van der Waals surface area (Å²) in [7, 11) is 0. The number of nitrogens with one attached hydrogen (secondary N) is 1. The summed E-state index contributed by atoms with van der Waals surface area (Å²) in [6.07, 6.45) is 2.82. The Balaban J connectivity index is 1.86. The van der Waals surface area contributed by atoms with E-state index in [4.69, 9.17) is 16.0 Å². The molecule has 0 bridgehead atoms. The summed E-state index contributed by atoms with van der Waals surface area (Å²) in [4.78, 5) is 18.1. The third-order valence-corrected chi connectivity index (χ3v) is 3.08. The van der Waals surface area contributed by atoms with Gasteiger partial charge in [-0.1, -0.05) is 11.6 Å². The maximum atomic E-state index is 10.7. The largest absolute Gasteiger partial charge is 0.455 e. The van der Waals surface area contributed by atoms with E-state index in [1.807, 2.05) is 0 Å². The summed E-state index contributed by atoms with van der Waals surface area (Å²) in [5.41, 5.74) is 0.485. The van der Waals surface area contributed by atoms with Gasteiger partial charge in [0.15, 0.2) is 0 Å². The van der Waals surface area contributed by atoms with Gasteiger partial charge in [-0.05, 0) is 18.2 Å². The van der Waals surface area contributed by atoms with Crippen molar-refractivity contribution in [2.45, 2.75) is 0 Å². The number of nitrogens with zero attached hydrogens (tertiary/aromatic N) is 4. The van der Waals surface area contributed by atoms with Gasteiger partial charge in [-0.2, -0.15) is 10.1 Å². The van der Waals surface area contributed by atoms with Crippen molar-refractivity contribution in [3.05, 3.63) is 57.6 Å². The Kier molecular flexibility index (Phi) is 3.67. The van der Waals surface area contributed by atoms with Gasteiger partial charge in [0.25, 0.3) is 5.69 Å². The van der Waals surface area contributed by atoms with Crippen molar-refractivity contribution < 1.29 is 9.34 Å². The van der Waals surface area contributed by atoms with Crippen LogP contribution in [0.15, 0.2) is 46.1 Å². The molecule has 0 saturated carbocycles. The van der Waals surface area contributed by atoms with Crippen LogP contribution in [-0.4, -0.2) is 26.3 Å². The maximum absolute atomic E-state index is 10.7. The molecule has 3 aromatic rings. The Morgan fingerprint density at radius 3 is 2.91 bits per heavy atom. The van der Waals surface area contributed by atoms with Crippen LogP contribution < -0.4 is 0 Å². The highest BCUT2D eigenvalue weighted by Gasteiger charge is 2.13. The van der Waals surface area contributed by atoms with Crippen LogP contribution in [0.1, 0.15) is 5.76 Å². The number of aromatic nitrogens is 3. The number of rotatable bonds is 4. The Bertz CT molecular complexity index is 841. The van der Waals surface area contributed by atoms with E-state index in [-0.39, 0.29) is 10.7 Å². The second-order valence-corrected chi connectivity index (χ2v) is 4.60. The Hall–Kier alpha value is -3.00. The molecule has 0 aliphatic carbocycles. The van der Waals surface area contributed by atoms with Gasteiger partial charge >= 0.3 is 0 Å². The summed E-state index contributed by atoms with van der Waals surface area (Å²) in [5, 5.41) is 17.2. The highest BCUT2D eigenvalue weighted by Crippen LogP contribution is 2.32. The smallest absolute Gasteiger partial charge is 0.270 e. The average Bonchev–Trinajstić information content (AvgIpc) is 3.16. The third kappa shape index (κ3) is 2.86. The molecule has 0 aliphatic rings. The fourth-order valence-electron chi connectivity index (χ4n) is 1.77. The number of halogens is 1. The lowest BCUT2D eigenvalue weighted by atomic mass is 10.1. The standard InChI is InChI=1S/C13H8ClN5O3/c14-11-5-8(19(20)21)1-3-10(11)12-4-2-9(22-12)6-15-13-16-7-17-18-13/h1-7H,(H,16,17,18). The summed E-state index contributed by atoms with van der Waals surface area (Å²) < 4.78 is 5.58. The molecule has 0 fully saturated rings. The lowest BCUT2D eigenvalue weighted by molar-refractivity contribution is -0.384. The molecule has 2 aromatic heterocycles. The predicted octanol–water partition coefficient (Wildman–Crippen LogP) is 3.38. The molecule has 2 heterocycles. The second-order valence-electron chi connectivity index (χ2n) is 4.19. The van der Waals surface area contributed by atoms with E-state index in [0.29, 0.717) is 23.0 Å². The van der Waals surface area contributed by atoms with Gasteiger partial charge in [-0.3, -0.25) is 10.1 Å². The van der Waals surface area contributed by atoms with Crippen molar-refractivity contribution in [3.8, 4) is 11.3 Å². The molecule has 8 nitrogen and oxygen atoms in total. The molecule has 0 saturated heterocycles. The summed E-state index contributed by atoms with van der Waals surface area (Å²) in [6, 6.07) is 7.59. The third-order valence-electron chi connectivity index (χ3n) is 2.77. The van der Waals surface area contributed by atoms with E-state index in [1.165, 1.54) is 30.7 Å². The highest BCUT2D eigenvalue weighted by atomic mass is 35.5. The van der Waals surface area contributed by atoms with E-state index < -0.39 is 4.92 Å². The van der Waals surface area contributed by atoms with Crippen LogP contribution in [0, 0.1) is 10.1 Å². The van der Waals surface area contributed by atoms with E-state index >= 15 is 0 Å². The number of hydrogen-bond acceptors (Lipinski definition) is 6. The molecule has 0 aliphatic heterocycles. The minimum absolute atomic E-state index is 0.0765. The van der Waals surface area contributed by atoms with Crippen LogP contribution in [0.25, 0.3) is 11.3 Å². The zero-order chi connectivity index (χ0) is 15.5. The minimum atomic E-state index is -0.507. The number of hydrogen-bond donors (Lipinski definition) is 1. The first-order valence-corrected chi connectivity index (χ1v) is 6.45. The number of aromatic amines is 1. The Morgan fingerprint density at radius 2 is 2.23 bits per heavy atom. The number of aliphatic imine (C=N–C) groups is 1. The normalized spacial score (nSPS) is 11.1. The van der Waals surface area contributed by atoms with Gasteiger partial charge in [-0.15, -0.1) is 0 Å². The number of nitro groups is 1. The quantitative estimate of drug-likeness (QED) is 0.450. The van der Waals surface area contributed by atoms with Crippen LogP contribution in [0.4, 0.5) is 11.6 Å². The van der Waals surface area contributed by atoms with Gasteiger partial charge in [0.2, 0.25) is 5.95 Å². The zero-order valence-electron chi connectivity index (χ0n) is 10.9. The molecular formula is C13H8ClN5O3. The molecule has 1 N–H and O–H groups in total. The van der Waals surface area contributed by atoms with E-state index in [9.17, 15) is 10.1 Å². The van der Waals surface area contributed by atoms with Crippen molar-refractivity contribution in [2.24, 2.45) is 4.99 Å². The van der Waals surface area contributed by atoms with Gasteiger partial charge < -0.3 is 4.42 Å². The average molecular weight is 318 g/mol. The van der Waals surface area contributed by atoms with Crippen molar-refractivity contribution in [3.63, 3.8) is 0 Å². The molecule has 0 unspecified atom stereocenters. The summed E-state index contributed by atoms with van der Waals surface area (Å²) in [5.74, 6) is 1.33. The van der Waals surface area contributed by atoms with Crippen LogP contribution in [0.3, 0.4) is 0 Å². The fraction of sp³-hybridized carbons (Fsp3) is 0. The lowest BCUT2D eigenvalue weighted by Crippen LogP contribution is -1.88. The SMILES string of the molecule is O=[N+]([O-])c1ccc(-c2ccc(C=Nc3ncn[nH]3)o2)c(Cl)c1. The van der Waals surface area contributed by atoms with Crippen LogP contribution in [-0.2, 0) is 0 Å². The topological polar surface area (TPSA) is 110 Å². The Labute approximate surface area is 128 Å². The molecule has 0 radical (unpaired) electrons. The number of nitro benzene ring substituents is 1. The zero-order valence-corrected chi connectivity index (χ0v) is 11.7. The van der Waals surface area contributed by atoms with E-state index in [1.54, 1.807) is 12.1 Å². The predicted molar refractivity (Wildman–Crippen MR) is 79.4 cm³/mol. The molecule has 0 spiro atoms. The number of non-ortho nitro benzene ring substituents is 1. The number of furan rings is 1. The van der Waals surface area contributed by atoms with Gasteiger partial charge in [0.1, 0.15) is 17.8 Å². The second kappa shape index (κ2) is 5.78. The van der Waals surface area contributed by atoms with Crippen molar-refractivity contribution in [1.82, 2.24) is 15.2 Å². The molecule has 110 valence electrons. The fourth-order valence-corrected chi connectivity index (χ4v) is 2.04. The first kappa shape index (κ1) is 14.0. The van der Waals surface area contributed by atoms with E-state index in [0.717, 1.165) is 0 Å². The first-order chi connectivity index (χ1) is 10.6. The van der Waals surface area contributed by atoms with Crippen LogP contribution in [0.5, 0.6) is 0 Å².